The van der Waals surface area contributed by atoms with E-state index < -0.39 is 5.92 Å². The molecule has 1 aliphatic carbocycles. The van der Waals surface area contributed by atoms with Crippen molar-refractivity contribution in [1.82, 2.24) is 4.90 Å². The Hall–Kier alpha value is -1.83. The molecule has 1 aliphatic heterocycles. The van der Waals surface area contributed by atoms with Crippen LogP contribution in [-0.2, 0) is 9.53 Å². The summed E-state index contributed by atoms with van der Waals surface area (Å²) in [4.78, 5) is 28.5. The predicted molar refractivity (Wildman–Crippen MR) is 106 cm³/mol. The molecule has 0 N–H and O–H groups in total. The van der Waals surface area contributed by atoms with E-state index in [1.165, 1.54) is 21.3 Å². The molecule has 0 spiro atoms. The van der Waals surface area contributed by atoms with Crippen molar-refractivity contribution in [3.8, 4) is 17.2 Å². The van der Waals surface area contributed by atoms with Crippen LogP contribution in [0.1, 0.15) is 29.6 Å². The fourth-order valence-electron chi connectivity index (χ4n) is 4.03. The lowest BCUT2D eigenvalue weighted by atomic mass is 9.79. The number of halogens is 1. The molecule has 3 rings (SSSR count). The van der Waals surface area contributed by atoms with Gasteiger partial charge in [0.05, 0.1) is 52.1 Å². The second-order valence-electron chi connectivity index (χ2n) is 6.80. The van der Waals surface area contributed by atoms with Crippen LogP contribution in [0.25, 0.3) is 0 Å². The molecule has 7 nitrogen and oxygen atoms in total. The van der Waals surface area contributed by atoms with E-state index in [4.69, 9.17) is 18.9 Å². The Morgan fingerprint density at radius 1 is 1.04 bits per heavy atom. The van der Waals surface area contributed by atoms with Crippen molar-refractivity contribution in [2.45, 2.75) is 25.3 Å². The molecule has 28 heavy (non-hydrogen) atoms. The smallest absolute Gasteiger partial charge is 0.204 e. The zero-order chi connectivity index (χ0) is 19.4. The normalized spacial score (nSPS) is 22.9. The van der Waals surface area contributed by atoms with Gasteiger partial charge < -0.3 is 18.9 Å². The van der Waals surface area contributed by atoms with Crippen LogP contribution in [0, 0.1) is 5.92 Å². The summed E-state index contributed by atoms with van der Waals surface area (Å²) < 4.78 is 21.5. The Labute approximate surface area is 171 Å². The van der Waals surface area contributed by atoms with Crippen LogP contribution in [0.15, 0.2) is 12.1 Å². The number of nitrogens with zero attached hydrogens (tertiary/aromatic N) is 1. The summed E-state index contributed by atoms with van der Waals surface area (Å²) in [6.07, 6.45) is 2.21. The third kappa shape index (κ3) is 4.26. The van der Waals surface area contributed by atoms with E-state index in [0.717, 1.165) is 25.9 Å². The number of ether oxygens (including phenoxy) is 4. The number of hydrogen-bond acceptors (Lipinski definition) is 7. The van der Waals surface area contributed by atoms with Crippen LogP contribution < -0.4 is 14.2 Å². The number of methoxy groups -OCH3 is 3. The molecule has 2 fully saturated rings. The molecular formula is C20H28ClNO6. The maximum atomic E-state index is 13.2. The zero-order valence-corrected chi connectivity index (χ0v) is 17.4. The summed E-state index contributed by atoms with van der Waals surface area (Å²) in [5, 5.41) is 0. The van der Waals surface area contributed by atoms with Crippen molar-refractivity contribution in [2.75, 3.05) is 47.6 Å². The second-order valence-corrected chi connectivity index (χ2v) is 6.80. The van der Waals surface area contributed by atoms with Crippen LogP contribution in [-0.4, -0.2) is 70.1 Å². The minimum Gasteiger partial charge on any atom is -0.493 e. The molecule has 1 saturated carbocycles. The Bertz CT molecular complexity index is 704. The van der Waals surface area contributed by atoms with Gasteiger partial charge in [-0.25, -0.2) is 0 Å². The van der Waals surface area contributed by atoms with Crippen LogP contribution in [0.3, 0.4) is 0 Å². The lowest BCUT2D eigenvalue weighted by molar-refractivity contribution is -0.131. The molecule has 2 atom stereocenters. The molecule has 0 radical (unpaired) electrons. The lowest BCUT2D eigenvalue weighted by Crippen LogP contribution is -2.51. The molecule has 1 aromatic rings. The summed E-state index contributed by atoms with van der Waals surface area (Å²) in [5.74, 6) is 0.286. The van der Waals surface area contributed by atoms with E-state index in [1.54, 1.807) is 12.1 Å². The minimum absolute atomic E-state index is 0. The van der Waals surface area contributed by atoms with Crippen molar-refractivity contribution < 1.29 is 28.5 Å². The molecule has 0 bridgehead atoms. The number of rotatable bonds is 6. The van der Waals surface area contributed by atoms with Crippen molar-refractivity contribution in [1.29, 1.82) is 0 Å². The first-order valence-electron chi connectivity index (χ1n) is 9.31. The lowest BCUT2D eigenvalue weighted by Gasteiger charge is -2.37. The zero-order valence-electron chi connectivity index (χ0n) is 16.6. The van der Waals surface area contributed by atoms with Gasteiger partial charge >= 0.3 is 0 Å². The van der Waals surface area contributed by atoms with Gasteiger partial charge in [-0.1, -0.05) is 6.42 Å². The number of hydrogen-bond donors (Lipinski definition) is 0. The van der Waals surface area contributed by atoms with Crippen LogP contribution in [0.4, 0.5) is 0 Å². The summed E-state index contributed by atoms with van der Waals surface area (Å²) in [7, 11) is 4.50. The molecule has 0 amide bonds. The monoisotopic (exact) mass is 413 g/mol. The molecule has 1 aromatic carbocycles. The fourth-order valence-corrected chi connectivity index (χ4v) is 4.03. The van der Waals surface area contributed by atoms with Gasteiger partial charge in [-0.3, -0.25) is 14.5 Å². The largest absolute Gasteiger partial charge is 0.493 e. The summed E-state index contributed by atoms with van der Waals surface area (Å²) in [5.41, 5.74) is 0.358. The van der Waals surface area contributed by atoms with Crippen molar-refractivity contribution in [2.24, 2.45) is 5.92 Å². The Morgan fingerprint density at radius 2 is 1.71 bits per heavy atom. The number of Topliss-reactive ketones (excluding diaryl/α,β-unsaturated/α-hetero) is 2. The predicted octanol–water partition coefficient (Wildman–Crippen LogP) is 2.39. The highest BCUT2D eigenvalue weighted by Gasteiger charge is 2.40. The fraction of sp³-hybridized carbons (Fsp3) is 0.600. The minimum atomic E-state index is -0.654. The van der Waals surface area contributed by atoms with Gasteiger partial charge in [-0.15, -0.1) is 12.4 Å². The van der Waals surface area contributed by atoms with Crippen LogP contribution in [0.5, 0.6) is 17.2 Å². The maximum Gasteiger partial charge on any atom is 0.204 e. The highest BCUT2D eigenvalue weighted by atomic mass is 35.5. The van der Waals surface area contributed by atoms with Gasteiger partial charge in [0.25, 0.3) is 0 Å². The van der Waals surface area contributed by atoms with E-state index in [1.807, 2.05) is 0 Å². The maximum absolute atomic E-state index is 13.2. The van der Waals surface area contributed by atoms with Gasteiger partial charge in [0.2, 0.25) is 5.75 Å². The van der Waals surface area contributed by atoms with Crippen LogP contribution in [0.2, 0.25) is 0 Å². The van der Waals surface area contributed by atoms with Crippen molar-refractivity contribution in [3.63, 3.8) is 0 Å². The molecule has 8 heteroatoms. The van der Waals surface area contributed by atoms with Crippen molar-refractivity contribution in [3.05, 3.63) is 17.7 Å². The highest BCUT2D eigenvalue weighted by Crippen LogP contribution is 2.41. The van der Waals surface area contributed by atoms with E-state index >= 15 is 0 Å². The Balaban J connectivity index is 0.00000280. The quantitative estimate of drug-likeness (QED) is 0.523. The molecule has 1 heterocycles. The molecule has 156 valence electrons. The van der Waals surface area contributed by atoms with E-state index in [-0.39, 0.29) is 30.0 Å². The average Bonchev–Trinajstić information content (AvgIpc) is 2.72. The summed E-state index contributed by atoms with van der Waals surface area (Å²) in [6.45, 7) is 2.73. The van der Waals surface area contributed by atoms with Crippen molar-refractivity contribution >= 4 is 24.0 Å². The van der Waals surface area contributed by atoms with E-state index in [9.17, 15) is 9.59 Å². The molecule has 1 saturated heterocycles. The summed E-state index contributed by atoms with van der Waals surface area (Å²) in [6, 6.07) is 3.11. The van der Waals surface area contributed by atoms with Gasteiger partial charge in [-0.05, 0) is 25.0 Å². The standard InChI is InChI=1S/C20H27NO6.ClH/c1-24-16-8-7-14(19(25-2)20(16)26-3)17(22)13-5-4-6-15(18(13)23)21-9-11-27-12-10-21;/h7-8,13,15H,4-6,9-12H2,1-3H3;1H. The molecule has 2 aliphatic rings. The Kier molecular flexibility index (Phi) is 8.10. The molecule has 2 unspecified atom stereocenters. The first kappa shape index (κ1) is 22.5. The number of morpholine rings is 1. The number of ketones is 2. The average molecular weight is 414 g/mol. The van der Waals surface area contributed by atoms with Gasteiger partial charge in [0, 0.05) is 13.1 Å². The SMILES string of the molecule is COc1ccc(C(=O)C2CCCC(N3CCOCC3)C2=O)c(OC)c1OC.Cl. The number of carbonyl (C=O) groups is 2. The van der Waals surface area contributed by atoms with E-state index in [0.29, 0.717) is 42.4 Å². The summed E-state index contributed by atoms with van der Waals surface area (Å²) >= 11 is 0. The van der Waals surface area contributed by atoms with Gasteiger partial charge in [-0.2, -0.15) is 0 Å². The molecular weight excluding hydrogens is 386 g/mol. The topological polar surface area (TPSA) is 74.3 Å². The second kappa shape index (κ2) is 10.1. The number of carbonyl (C=O) groups excluding carboxylic acids is 2. The van der Waals surface area contributed by atoms with E-state index in [2.05, 4.69) is 4.90 Å². The third-order valence-electron chi connectivity index (χ3n) is 5.41. The first-order valence-corrected chi connectivity index (χ1v) is 9.31. The molecule has 0 aromatic heterocycles. The van der Waals surface area contributed by atoms with Gasteiger partial charge in [0.15, 0.2) is 23.1 Å². The third-order valence-corrected chi connectivity index (χ3v) is 5.41. The first-order chi connectivity index (χ1) is 13.1. The van der Waals surface area contributed by atoms with Gasteiger partial charge in [0.1, 0.15) is 0 Å². The Morgan fingerprint density at radius 3 is 2.32 bits per heavy atom. The number of benzene rings is 1. The highest BCUT2D eigenvalue weighted by molar-refractivity contribution is 6.14. The van der Waals surface area contributed by atoms with Crippen LogP contribution >= 0.6 is 12.4 Å².